The van der Waals surface area contributed by atoms with Crippen molar-refractivity contribution in [3.05, 3.63) is 52.0 Å². The summed E-state index contributed by atoms with van der Waals surface area (Å²) in [6, 6.07) is 7.17. The Hall–Kier alpha value is -3.18. The van der Waals surface area contributed by atoms with E-state index in [4.69, 9.17) is 38.7 Å². The third kappa shape index (κ3) is 4.66. The van der Waals surface area contributed by atoms with E-state index in [-0.39, 0.29) is 45.9 Å². The number of hydrogen-bond acceptors (Lipinski definition) is 7. The lowest BCUT2D eigenvalue weighted by Crippen LogP contribution is -2.67. The van der Waals surface area contributed by atoms with E-state index in [1.54, 1.807) is 24.4 Å². The number of rotatable bonds is 6. The van der Waals surface area contributed by atoms with Crippen LogP contribution in [0.2, 0.25) is 10.0 Å². The van der Waals surface area contributed by atoms with Gasteiger partial charge in [0.25, 0.3) is 0 Å². The molecule has 0 spiro atoms. The zero-order valence-corrected chi connectivity index (χ0v) is 28.4. The normalized spacial score (nSPS) is 24.1. The van der Waals surface area contributed by atoms with Gasteiger partial charge in [-0.3, -0.25) is 9.88 Å². The quantitative estimate of drug-likeness (QED) is 0.239. The third-order valence-corrected chi connectivity index (χ3v) is 11.6. The van der Waals surface area contributed by atoms with Gasteiger partial charge in [-0.05, 0) is 70.8 Å². The van der Waals surface area contributed by atoms with Gasteiger partial charge in [0, 0.05) is 53.9 Å². The van der Waals surface area contributed by atoms with E-state index in [1.165, 1.54) is 7.11 Å². The zero-order chi connectivity index (χ0) is 32.7. The van der Waals surface area contributed by atoms with Gasteiger partial charge in [0.2, 0.25) is 0 Å². The van der Waals surface area contributed by atoms with Crippen LogP contribution < -0.4 is 10.6 Å². The fourth-order valence-corrected chi connectivity index (χ4v) is 8.34. The first-order chi connectivity index (χ1) is 22.0. The van der Waals surface area contributed by atoms with Crippen molar-refractivity contribution in [1.82, 2.24) is 24.3 Å². The summed E-state index contributed by atoms with van der Waals surface area (Å²) in [5.74, 6) is 0.747. The van der Waals surface area contributed by atoms with Crippen LogP contribution in [0.15, 0.2) is 30.5 Å². The first kappa shape index (κ1) is 31.4. The highest BCUT2D eigenvalue weighted by atomic mass is 35.5. The molecule has 4 aromatic rings. The van der Waals surface area contributed by atoms with Crippen molar-refractivity contribution in [2.45, 2.75) is 50.7 Å². The number of nitrogens with zero attached hydrogens (tertiary/aromatic N) is 6. The largest absolute Gasteiger partial charge is 0.453 e. The number of anilines is 1. The van der Waals surface area contributed by atoms with Gasteiger partial charge in [0.05, 0.1) is 34.3 Å². The van der Waals surface area contributed by atoms with Gasteiger partial charge in [-0.1, -0.05) is 42.3 Å². The molecule has 9 nitrogen and oxygen atoms in total. The van der Waals surface area contributed by atoms with E-state index in [9.17, 15) is 4.79 Å². The van der Waals surface area contributed by atoms with Crippen molar-refractivity contribution in [2.24, 2.45) is 17.6 Å². The highest BCUT2D eigenvalue weighted by molar-refractivity contribution is 6.43. The minimum Gasteiger partial charge on any atom is -0.453 e. The van der Waals surface area contributed by atoms with Crippen molar-refractivity contribution >= 4 is 56.9 Å². The summed E-state index contributed by atoms with van der Waals surface area (Å²) in [6.07, 6.45) is 4.02. The van der Waals surface area contributed by atoms with Crippen LogP contribution in [0.4, 0.5) is 15.0 Å². The van der Waals surface area contributed by atoms with E-state index in [0.717, 1.165) is 48.9 Å². The van der Waals surface area contributed by atoms with E-state index in [2.05, 4.69) is 53.4 Å². The minimum atomic E-state index is -0.552. The number of likely N-dealkylation sites (tertiary alicyclic amines) is 1. The molecular weight excluding hydrogens is 628 g/mol. The summed E-state index contributed by atoms with van der Waals surface area (Å²) < 4.78 is 24.4. The molecule has 2 aliphatic heterocycles. The number of carbonyl (C=O) groups excluding carboxylic acids is 1. The second-order valence-corrected chi connectivity index (χ2v) is 14.5. The van der Waals surface area contributed by atoms with Crippen LogP contribution in [0.5, 0.6) is 0 Å². The molecule has 0 unspecified atom stereocenters. The molecule has 3 fully saturated rings. The van der Waals surface area contributed by atoms with Gasteiger partial charge >= 0.3 is 6.09 Å². The van der Waals surface area contributed by atoms with Crippen LogP contribution in [-0.2, 0) is 4.74 Å². The monoisotopic (exact) mass is 667 g/mol. The van der Waals surface area contributed by atoms with Crippen molar-refractivity contribution in [1.29, 1.82) is 0 Å². The Kier molecular flexibility index (Phi) is 7.86. The maximum Gasteiger partial charge on any atom is 0.410 e. The molecule has 0 bridgehead atoms. The molecule has 244 valence electrons. The lowest BCUT2D eigenvalue weighted by Gasteiger charge is -2.52. The molecule has 4 atom stereocenters. The van der Waals surface area contributed by atoms with Gasteiger partial charge in [-0.2, -0.15) is 0 Å². The fraction of sp³-hybridized carbons (Fsp3) is 0.500. The minimum absolute atomic E-state index is 0.0507. The van der Waals surface area contributed by atoms with Gasteiger partial charge in [0.1, 0.15) is 17.0 Å². The number of likely N-dealkylation sites (N-methyl/N-ethyl adjacent to an activating group) is 1. The number of nitrogens with two attached hydrogens (primary N) is 1. The second-order valence-electron chi connectivity index (χ2n) is 13.7. The van der Waals surface area contributed by atoms with Crippen LogP contribution in [0.1, 0.15) is 50.9 Å². The van der Waals surface area contributed by atoms with Crippen LogP contribution in [0.3, 0.4) is 0 Å². The highest BCUT2D eigenvalue weighted by Crippen LogP contribution is 2.51. The maximum absolute atomic E-state index is 16.9. The molecule has 46 heavy (non-hydrogen) atoms. The standard InChI is InChI=1S/C34H40Cl2FN7O2/c1-18-12-19(14-38)30(18)44-25(24-10-7-11-43(24)33(45)46-5)13-21-31(44)22-15-39-28(20-8-6-9-23(35)26(20)36)27(37)29(22)40-32(21)42-16-34(2,17-42)41(3)4/h6,8-9,13,15,18-19,24,30H,7,10-12,14,16-17,38H2,1-5H3/t18-,19+,24+,30+/m0/s1. The third-order valence-electron chi connectivity index (χ3n) is 10.8. The van der Waals surface area contributed by atoms with Crippen molar-refractivity contribution < 1.29 is 13.9 Å². The zero-order valence-electron chi connectivity index (χ0n) is 26.9. The van der Waals surface area contributed by atoms with Gasteiger partial charge in [0.15, 0.2) is 5.82 Å². The van der Waals surface area contributed by atoms with Crippen molar-refractivity contribution in [2.75, 3.05) is 52.3 Å². The second kappa shape index (κ2) is 11.5. The first-order valence-electron chi connectivity index (χ1n) is 15.9. The Labute approximate surface area is 278 Å². The number of methoxy groups -OCH3 is 1. The summed E-state index contributed by atoms with van der Waals surface area (Å²) >= 11 is 12.9. The molecule has 12 heteroatoms. The van der Waals surface area contributed by atoms with Crippen LogP contribution >= 0.6 is 23.2 Å². The van der Waals surface area contributed by atoms with Gasteiger partial charge in [-0.15, -0.1) is 0 Å². The van der Waals surface area contributed by atoms with Gasteiger partial charge in [-0.25, -0.2) is 14.2 Å². The molecule has 2 N–H and O–H groups in total. The van der Waals surface area contributed by atoms with Crippen LogP contribution in [0.25, 0.3) is 33.1 Å². The van der Waals surface area contributed by atoms with E-state index >= 15 is 4.39 Å². The average molecular weight is 669 g/mol. The number of pyridine rings is 2. The Balaban J connectivity index is 1.53. The molecule has 1 aliphatic carbocycles. The highest BCUT2D eigenvalue weighted by Gasteiger charge is 2.45. The number of amides is 1. The lowest BCUT2D eigenvalue weighted by molar-refractivity contribution is 0.0937. The number of benzene rings is 1. The van der Waals surface area contributed by atoms with E-state index in [1.807, 2.05) is 4.90 Å². The SMILES string of the molecule is COC(=O)N1CCC[C@@H]1c1cc2c(N3CC(C)(N(C)C)C3)nc3c(F)c(-c4cccc(Cl)c4Cl)ncc3c2n1[C@H]1[C@@H](CN)C[C@@H]1C. The lowest BCUT2D eigenvalue weighted by atomic mass is 9.70. The van der Waals surface area contributed by atoms with Crippen LogP contribution in [0, 0.1) is 17.7 Å². The topological polar surface area (TPSA) is 92.8 Å². The summed E-state index contributed by atoms with van der Waals surface area (Å²) in [5.41, 5.74) is 8.89. The van der Waals surface area contributed by atoms with Crippen LogP contribution in [-0.4, -0.2) is 83.4 Å². The molecule has 0 radical (unpaired) electrons. The fourth-order valence-electron chi connectivity index (χ4n) is 7.95. The molecule has 1 aromatic carbocycles. The average Bonchev–Trinajstić information content (AvgIpc) is 3.65. The summed E-state index contributed by atoms with van der Waals surface area (Å²) in [4.78, 5) is 29.0. The maximum atomic E-state index is 16.9. The number of ether oxygens (including phenoxy) is 1. The molecule has 3 aliphatic rings. The Morgan fingerprint density at radius 3 is 2.67 bits per heavy atom. The smallest absolute Gasteiger partial charge is 0.410 e. The molecular formula is C34H40Cl2FN7O2. The molecule has 7 rings (SSSR count). The van der Waals surface area contributed by atoms with Crippen molar-refractivity contribution in [3.63, 3.8) is 0 Å². The first-order valence-corrected chi connectivity index (χ1v) is 16.7. The number of halogens is 3. The summed E-state index contributed by atoms with van der Waals surface area (Å²) in [5, 5.41) is 2.09. The molecule has 1 amide bonds. The Morgan fingerprint density at radius 2 is 2.00 bits per heavy atom. The summed E-state index contributed by atoms with van der Waals surface area (Å²) in [6.45, 7) is 7.06. The van der Waals surface area contributed by atoms with E-state index < -0.39 is 5.82 Å². The van der Waals surface area contributed by atoms with Crippen molar-refractivity contribution in [3.8, 4) is 11.3 Å². The van der Waals surface area contributed by atoms with Gasteiger partial charge < -0.3 is 24.8 Å². The molecule has 1 saturated carbocycles. The number of hydrogen-bond donors (Lipinski definition) is 1. The van der Waals surface area contributed by atoms with E-state index in [0.29, 0.717) is 40.8 Å². The predicted octanol–water partition coefficient (Wildman–Crippen LogP) is 6.90. The summed E-state index contributed by atoms with van der Waals surface area (Å²) in [7, 11) is 5.58. The predicted molar refractivity (Wildman–Crippen MR) is 181 cm³/mol. The number of aromatic nitrogens is 3. The molecule has 2 saturated heterocycles. The number of carbonyl (C=O) groups is 1. The molecule has 5 heterocycles. The molecule has 3 aromatic heterocycles. The number of fused-ring (bicyclic) bond motifs is 3. The Morgan fingerprint density at radius 1 is 1.24 bits per heavy atom. The Bertz CT molecular complexity index is 1860.